The maximum absolute atomic E-state index is 13.1. The normalized spacial score (nSPS) is 12.1. The lowest BCUT2D eigenvalue weighted by molar-refractivity contribution is 0.0940. The molecule has 3 aromatic carbocycles. The van der Waals surface area contributed by atoms with Crippen LogP contribution in [-0.2, 0) is 6.54 Å². The molecule has 0 spiro atoms. The lowest BCUT2D eigenvalue weighted by Crippen LogP contribution is -2.27. The van der Waals surface area contributed by atoms with E-state index in [9.17, 15) is 9.59 Å². The van der Waals surface area contributed by atoms with Gasteiger partial charge in [0.15, 0.2) is 0 Å². The van der Waals surface area contributed by atoms with Crippen LogP contribution in [0.5, 0.6) is 5.75 Å². The van der Waals surface area contributed by atoms with Crippen molar-refractivity contribution in [1.82, 2.24) is 9.88 Å². The fourth-order valence-electron chi connectivity index (χ4n) is 3.88. The van der Waals surface area contributed by atoms with Gasteiger partial charge in [0, 0.05) is 22.9 Å². The SMILES string of the molecule is CCn1c(=O)c2cc(C(=O)N[C@H](C)c3cccc(OC)c3)ccc2c2ccccc21. The molecular formula is C25H24N2O3. The van der Waals surface area contributed by atoms with E-state index in [0.717, 1.165) is 27.6 Å². The zero-order valence-electron chi connectivity index (χ0n) is 17.3. The van der Waals surface area contributed by atoms with Gasteiger partial charge in [-0.25, -0.2) is 0 Å². The second-order valence-corrected chi connectivity index (χ2v) is 7.30. The second-order valence-electron chi connectivity index (χ2n) is 7.30. The molecular weight excluding hydrogens is 376 g/mol. The minimum Gasteiger partial charge on any atom is -0.497 e. The number of pyridine rings is 1. The Morgan fingerprint density at radius 2 is 1.80 bits per heavy atom. The number of fused-ring (bicyclic) bond motifs is 3. The summed E-state index contributed by atoms with van der Waals surface area (Å²) < 4.78 is 7.01. The van der Waals surface area contributed by atoms with Gasteiger partial charge >= 0.3 is 0 Å². The number of nitrogens with one attached hydrogen (secondary N) is 1. The number of hydrogen-bond donors (Lipinski definition) is 1. The standard InChI is InChI=1S/C25H24N2O3/c1-4-27-23-11-6-5-10-21(23)20-13-12-18(15-22(20)25(27)29)24(28)26-16(2)17-8-7-9-19(14-17)30-3/h5-16H,4H2,1-3H3,(H,26,28)/t16-/m1/s1. The van der Waals surface area contributed by atoms with Crippen molar-refractivity contribution in [3.8, 4) is 5.75 Å². The van der Waals surface area contributed by atoms with Crippen molar-refractivity contribution < 1.29 is 9.53 Å². The molecule has 0 radical (unpaired) electrons. The number of amides is 1. The monoisotopic (exact) mass is 400 g/mol. The molecule has 4 rings (SSSR count). The predicted octanol–water partition coefficient (Wildman–Crippen LogP) is 4.67. The molecule has 0 aliphatic heterocycles. The first-order valence-electron chi connectivity index (χ1n) is 10.0. The molecule has 5 heteroatoms. The molecule has 1 heterocycles. The van der Waals surface area contributed by atoms with Gasteiger partial charge in [0.25, 0.3) is 11.5 Å². The molecule has 0 bridgehead atoms. The Labute approximate surface area is 174 Å². The Hall–Kier alpha value is -3.60. The quantitative estimate of drug-likeness (QED) is 0.495. The van der Waals surface area contributed by atoms with E-state index < -0.39 is 0 Å². The molecule has 0 aliphatic rings. The highest BCUT2D eigenvalue weighted by Gasteiger charge is 2.15. The molecule has 0 saturated heterocycles. The van der Waals surface area contributed by atoms with Gasteiger partial charge in [0.1, 0.15) is 5.75 Å². The van der Waals surface area contributed by atoms with Crippen molar-refractivity contribution in [1.29, 1.82) is 0 Å². The van der Waals surface area contributed by atoms with Gasteiger partial charge in [-0.1, -0.05) is 36.4 Å². The number of rotatable bonds is 5. The molecule has 5 nitrogen and oxygen atoms in total. The van der Waals surface area contributed by atoms with Crippen LogP contribution in [0.3, 0.4) is 0 Å². The number of methoxy groups -OCH3 is 1. The lowest BCUT2D eigenvalue weighted by atomic mass is 10.0. The number of nitrogens with zero attached hydrogens (tertiary/aromatic N) is 1. The first-order valence-corrected chi connectivity index (χ1v) is 10.0. The molecule has 30 heavy (non-hydrogen) atoms. The summed E-state index contributed by atoms with van der Waals surface area (Å²) in [6, 6.07) is 20.6. The van der Waals surface area contributed by atoms with Gasteiger partial charge in [-0.3, -0.25) is 9.59 Å². The highest BCUT2D eigenvalue weighted by molar-refractivity contribution is 6.08. The fourth-order valence-corrected chi connectivity index (χ4v) is 3.88. The Morgan fingerprint density at radius 3 is 2.57 bits per heavy atom. The molecule has 0 aliphatic carbocycles. The number of carbonyl (C=O) groups is 1. The number of benzene rings is 3. The Morgan fingerprint density at radius 1 is 1.00 bits per heavy atom. The number of carbonyl (C=O) groups excluding carboxylic acids is 1. The van der Waals surface area contributed by atoms with Crippen LogP contribution in [-0.4, -0.2) is 17.6 Å². The highest BCUT2D eigenvalue weighted by atomic mass is 16.5. The summed E-state index contributed by atoms with van der Waals surface area (Å²) in [6.45, 7) is 4.44. The Kier molecular flexibility index (Phi) is 5.27. The van der Waals surface area contributed by atoms with Crippen LogP contribution in [0.4, 0.5) is 0 Å². The van der Waals surface area contributed by atoms with Crippen molar-refractivity contribution in [3.63, 3.8) is 0 Å². The molecule has 1 amide bonds. The molecule has 0 unspecified atom stereocenters. The number of ether oxygens (including phenoxy) is 1. The largest absolute Gasteiger partial charge is 0.497 e. The summed E-state index contributed by atoms with van der Waals surface area (Å²) in [6.07, 6.45) is 0. The fraction of sp³-hybridized carbons (Fsp3) is 0.200. The van der Waals surface area contributed by atoms with E-state index in [4.69, 9.17) is 4.74 Å². The van der Waals surface area contributed by atoms with Gasteiger partial charge in [-0.15, -0.1) is 0 Å². The van der Waals surface area contributed by atoms with E-state index in [2.05, 4.69) is 5.32 Å². The molecule has 1 aromatic heterocycles. The van der Waals surface area contributed by atoms with E-state index in [1.54, 1.807) is 23.8 Å². The topological polar surface area (TPSA) is 60.3 Å². The zero-order valence-corrected chi connectivity index (χ0v) is 17.3. The van der Waals surface area contributed by atoms with Crippen LogP contribution in [0.15, 0.2) is 71.5 Å². The second kappa shape index (κ2) is 8.03. The molecule has 4 aromatic rings. The maximum atomic E-state index is 13.1. The van der Waals surface area contributed by atoms with Crippen LogP contribution < -0.4 is 15.6 Å². The van der Waals surface area contributed by atoms with E-state index in [1.165, 1.54) is 0 Å². The number of hydrogen-bond acceptors (Lipinski definition) is 3. The lowest BCUT2D eigenvalue weighted by Gasteiger charge is -2.16. The minimum atomic E-state index is -0.220. The van der Waals surface area contributed by atoms with Crippen molar-refractivity contribution in [3.05, 3.63) is 88.2 Å². The van der Waals surface area contributed by atoms with Crippen LogP contribution in [0.2, 0.25) is 0 Å². The molecule has 1 atom stereocenters. The highest BCUT2D eigenvalue weighted by Crippen LogP contribution is 2.24. The molecule has 1 N–H and O–H groups in total. The Balaban J connectivity index is 1.72. The summed E-state index contributed by atoms with van der Waals surface area (Å²) in [7, 11) is 1.62. The van der Waals surface area contributed by atoms with E-state index in [0.29, 0.717) is 17.5 Å². The smallest absolute Gasteiger partial charge is 0.258 e. The van der Waals surface area contributed by atoms with E-state index in [1.807, 2.05) is 68.4 Å². The molecule has 0 saturated carbocycles. The zero-order chi connectivity index (χ0) is 21.3. The van der Waals surface area contributed by atoms with Crippen LogP contribution in [0.1, 0.15) is 35.8 Å². The summed E-state index contributed by atoms with van der Waals surface area (Å²) in [5, 5.41) is 5.43. The van der Waals surface area contributed by atoms with Gasteiger partial charge in [0.05, 0.1) is 18.7 Å². The van der Waals surface area contributed by atoms with E-state index in [-0.39, 0.29) is 17.5 Å². The third kappa shape index (κ3) is 3.43. The molecule has 152 valence electrons. The number of para-hydroxylation sites is 1. The van der Waals surface area contributed by atoms with Crippen LogP contribution in [0.25, 0.3) is 21.7 Å². The predicted molar refractivity (Wildman–Crippen MR) is 120 cm³/mol. The van der Waals surface area contributed by atoms with Crippen molar-refractivity contribution >= 4 is 27.6 Å². The summed E-state index contributed by atoms with van der Waals surface area (Å²) in [4.78, 5) is 26.0. The Bertz CT molecular complexity index is 1310. The average molecular weight is 400 g/mol. The maximum Gasteiger partial charge on any atom is 0.258 e. The summed E-state index contributed by atoms with van der Waals surface area (Å²) >= 11 is 0. The van der Waals surface area contributed by atoms with Gasteiger partial charge in [0.2, 0.25) is 0 Å². The van der Waals surface area contributed by atoms with Gasteiger partial charge in [-0.2, -0.15) is 0 Å². The van der Waals surface area contributed by atoms with Crippen molar-refractivity contribution in [2.75, 3.05) is 7.11 Å². The van der Waals surface area contributed by atoms with Gasteiger partial charge < -0.3 is 14.6 Å². The van der Waals surface area contributed by atoms with Gasteiger partial charge in [-0.05, 0) is 55.1 Å². The third-order valence-electron chi connectivity index (χ3n) is 5.50. The third-order valence-corrected chi connectivity index (χ3v) is 5.50. The van der Waals surface area contributed by atoms with Crippen LogP contribution in [0, 0.1) is 0 Å². The first-order chi connectivity index (χ1) is 14.5. The summed E-state index contributed by atoms with van der Waals surface area (Å²) in [5.41, 5.74) is 2.23. The number of aromatic nitrogens is 1. The molecule has 0 fully saturated rings. The van der Waals surface area contributed by atoms with Crippen molar-refractivity contribution in [2.45, 2.75) is 26.4 Å². The first kappa shape index (κ1) is 19.7. The van der Waals surface area contributed by atoms with Crippen LogP contribution >= 0.6 is 0 Å². The number of aryl methyl sites for hydroxylation is 1. The van der Waals surface area contributed by atoms with Crippen molar-refractivity contribution in [2.24, 2.45) is 0 Å². The van der Waals surface area contributed by atoms with E-state index >= 15 is 0 Å². The minimum absolute atomic E-state index is 0.0818. The summed E-state index contributed by atoms with van der Waals surface area (Å²) in [5.74, 6) is 0.522. The average Bonchev–Trinajstić information content (AvgIpc) is 2.79.